The molecule has 0 radical (unpaired) electrons. The molecule has 0 bridgehead atoms. The largest absolute Gasteiger partial charge is 0.359 e. The maximum Gasteiger partial charge on any atom is 0.157 e. The van der Waals surface area contributed by atoms with Gasteiger partial charge >= 0.3 is 0 Å². The van der Waals surface area contributed by atoms with Crippen molar-refractivity contribution in [3.63, 3.8) is 0 Å². The molecule has 17 heavy (non-hydrogen) atoms. The molecule has 0 aliphatic carbocycles. The first-order chi connectivity index (χ1) is 8.08. The molecule has 1 atom stereocenters. The minimum absolute atomic E-state index is 0.216. The molecule has 0 amide bonds. The maximum absolute atomic E-state index is 5.78. The lowest BCUT2D eigenvalue weighted by molar-refractivity contribution is 0.652. The van der Waals surface area contributed by atoms with Crippen molar-refractivity contribution in [3.05, 3.63) is 24.0 Å². The third kappa shape index (κ3) is 2.55. The Kier molecular flexibility index (Phi) is 3.28. The van der Waals surface area contributed by atoms with Gasteiger partial charge in [0.15, 0.2) is 5.65 Å². The van der Waals surface area contributed by atoms with Crippen molar-refractivity contribution in [1.29, 1.82) is 0 Å². The van der Waals surface area contributed by atoms with E-state index >= 15 is 0 Å². The van der Waals surface area contributed by atoms with Crippen LogP contribution in [0.25, 0.3) is 5.65 Å². The van der Waals surface area contributed by atoms with E-state index in [0.29, 0.717) is 0 Å². The van der Waals surface area contributed by atoms with Crippen molar-refractivity contribution in [3.8, 4) is 0 Å². The Labute approximate surface area is 101 Å². The highest BCUT2D eigenvalue weighted by Gasteiger charge is 2.09. The highest BCUT2D eigenvalue weighted by molar-refractivity contribution is 5.52. The average Bonchev–Trinajstić information content (AvgIpc) is 2.72. The van der Waals surface area contributed by atoms with Crippen LogP contribution in [0, 0.1) is 6.92 Å². The van der Waals surface area contributed by atoms with Gasteiger partial charge < -0.3 is 10.6 Å². The molecule has 92 valence electrons. The lowest BCUT2D eigenvalue weighted by Crippen LogP contribution is -2.27. The SMILES string of the molecule is Cc1cc(N(C)CCC(C)N)n2ncnc2c1. The predicted octanol–water partition coefficient (Wildman–Crippen LogP) is 1.21. The molecule has 2 rings (SSSR count). The van der Waals surface area contributed by atoms with Crippen molar-refractivity contribution in [2.24, 2.45) is 5.73 Å². The molecule has 0 saturated heterocycles. The van der Waals surface area contributed by atoms with E-state index < -0.39 is 0 Å². The van der Waals surface area contributed by atoms with Crippen LogP contribution in [0.15, 0.2) is 18.5 Å². The summed E-state index contributed by atoms with van der Waals surface area (Å²) in [6.07, 6.45) is 2.54. The Morgan fingerprint density at radius 1 is 1.47 bits per heavy atom. The molecule has 2 N–H and O–H groups in total. The summed E-state index contributed by atoms with van der Waals surface area (Å²) >= 11 is 0. The normalized spacial score (nSPS) is 12.9. The number of fused-ring (bicyclic) bond motifs is 1. The summed E-state index contributed by atoms with van der Waals surface area (Å²) in [6.45, 7) is 5.00. The van der Waals surface area contributed by atoms with E-state index in [0.717, 1.165) is 24.4 Å². The van der Waals surface area contributed by atoms with Crippen molar-refractivity contribution in [1.82, 2.24) is 14.6 Å². The van der Waals surface area contributed by atoms with Crippen LogP contribution < -0.4 is 10.6 Å². The number of pyridine rings is 1. The molecule has 2 heterocycles. The van der Waals surface area contributed by atoms with E-state index in [9.17, 15) is 0 Å². The van der Waals surface area contributed by atoms with Crippen LogP contribution in [-0.4, -0.2) is 34.2 Å². The Morgan fingerprint density at radius 2 is 2.24 bits per heavy atom. The van der Waals surface area contributed by atoms with Gasteiger partial charge in [-0.1, -0.05) is 0 Å². The van der Waals surface area contributed by atoms with Crippen molar-refractivity contribution in [2.45, 2.75) is 26.3 Å². The Hall–Kier alpha value is -1.62. The van der Waals surface area contributed by atoms with Crippen molar-refractivity contribution < 1.29 is 0 Å². The van der Waals surface area contributed by atoms with Gasteiger partial charge in [0.25, 0.3) is 0 Å². The number of hydrogen-bond donors (Lipinski definition) is 1. The zero-order valence-corrected chi connectivity index (χ0v) is 10.6. The predicted molar refractivity (Wildman–Crippen MR) is 69.3 cm³/mol. The highest BCUT2D eigenvalue weighted by atomic mass is 15.4. The van der Waals surface area contributed by atoms with E-state index in [1.54, 1.807) is 6.33 Å². The fraction of sp³-hybridized carbons (Fsp3) is 0.500. The summed E-state index contributed by atoms with van der Waals surface area (Å²) in [4.78, 5) is 6.38. The third-order valence-electron chi connectivity index (χ3n) is 2.82. The first-order valence-corrected chi connectivity index (χ1v) is 5.85. The molecule has 2 aromatic rings. The van der Waals surface area contributed by atoms with Gasteiger partial charge in [0.1, 0.15) is 12.1 Å². The summed E-state index contributed by atoms with van der Waals surface area (Å²) in [5.74, 6) is 1.05. The zero-order chi connectivity index (χ0) is 12.4. The van der Waals surface area contributed by atoms with Crippen LogP contribution in [-0.2, 0) is 0 Å². The summed E-state index contributed by atoms with van der Waals surface area (Å²) in [5.41, 5.74) is 7.85. The fourth-order valence-corrected chi connectivity index (χ4v) is 1.82. The standard InChI is InChI=1S/C12H19N5/c1-9-6-11-14-8-15-17(11)12(7-9)16(3)5-4-10(2)13/h6-8,10H,4-5,13H2,1-3H3. The highest BCUT2D eigenvalue weighted by Crippen LogP contribution is 2.16. The lowest BCUT2D eigenvalue weighted by Gasteiger charge is -2.21. The average molecular weight is 233 g/mol. The van der Waals surface area contributed by atoms with E-state index in [1.807, 2.05) is 17.5 Å². The van der Waals surface area contributed by atoms with Crippen LogP contribution in [0.4, 0.5) is 5.82 Å². The van der Waals surface area contributed by atoms with Crippen molar-refractivity contribution in [2.75, 3.05) is 18.5 Å². The molecule has 0 saturated carbocycles. The van der Waals surface area contributed by atoms with Gasteiger partial charge in [0.05, 0.1) is 0 Å². The lowest BCUT2D eigenvalue weighted by atomic mass is 10.2. The second-order valence-electron chi connectivity index (χ2n) is 4.61. The number of aromatic nitrogens is 3. The van der Waals surface area contributed by atoms with E-state index in [-0.39, 0.29) is 6.04 Å². The Bertz CT molecular complexity index is 503. The van der Waals surface area contributed by atoms with Crippen LogP contribution in [0.3, 0.4) is 0 Å². The minimum Gasteiger partial charge on any atom is -0.359 e. The number of rotatable bonds is 4. The molecular weight excluding hydrogens is 214 g/mol. The van der Waals surface area contributed by atoms with Gasteiger partial charge in [0, 0.05) is 19.6 Å². The fourth-order valence-electron chi connectivity index (χ4n) is 1.82. The van der Waals surface area contributed by atoms with E-state index in [2.05, 4.69) is 35.0 Å². The van der Waals surface area contributed by atoms with Gasteiger partial charge in [-0.05, 0) is 38.0 Å². The van der Waals surface area contributed by atoms with E-state index in [1.165, 1.54) is 5.56 Å². The van der Waals surface area contributed by atoms with Crippen LogP contribution in [0.1, 0.15) is 18.9 Å². The summed E-state index contributed by atoms with van der Waals surface area (Å²) in [5, 5.41) is 4.24. The quantitative estimate of drug-likeness (QED) is 0.862. The third-order valence-corrected chi connectivity index (χ3v) is 2.82. The molecule has 0 fully saturated rings. The monoisotopic (exact) mass is 233 g/mol. The number of anilines is 1. The Balaban J connectivity index is 2.30. The van der Waals surface area contributed by atoms with Crippen LogP contribution >= 0.6 is 0 Å². The topological polar surface area (TPSA) is 59.5 Å². The second-order valence-corrected chi connectivity index (χ2v) is 4.61. The molecule has 0 aromatic carbocycles. The van der Waals surface area contributed by atoms with Gasteiger partial charge in [-0.25, -0.2) is 4.98 Å². The van der Waals surface area contributed by atoms with Crippen molar-refractivity contribution >= 4 is 11.5 Å². The first kappa shape index (κ1) is 11.9. The first-order valence-electron chi connectivity index (χ1n) is 5.85. The van der Waals surface area contributed by atoms with Gasteiger partial charge in [-0.15, -0.1) is 0 Å². The molecule has 5 heteroatoms. The minimum atomic E-state index is 0.216. The van der Waals surface area contributed by atoms with E-state index in [4.69, 9.17) is 5.73 Å². The van der Waals surface area contributed by atoms with Gasteiger partial charge in [-0.3, -0.25) is 0 Å². The van der Waals surface area contributed by atoms with Crippen LogP contribution in [0.2, 0.25) is 0 Å². The Morgan fingerprint density at radius 3 is 2.94 bits per heavy atom. The second kappa shape index (κ2) is 4.71. The summed E-state index contributed by atoms with van der Waals surface area (Å²) in [6, 6.07) is 4.35. The zero-order valence-electron chi connectivity index (χ0n) is 10.6. The molecule has 0 aliphatic rings. The number of nitrogens with zero attached hydrogens (tertiary/aromatic N) is 4. The smallest absolute Gasteiger partial charge is 0.157 e. The molecule has 0 spiro atoms. The number of aryl methyl sites for hydroxylation is 1. The van der Waals surface area contributed by atoms with Gasteiger partial charge in [0.2, 0.25) is 0 Å². The molecule has 0 aliphatic heterocycles. The summed E-state index contributed by atoms with van der Waals surface area (Å²) in [7, 11) is 2.05. The number of hydrogen-bond acceptors (Lipinski definition) is 4. The number of nitrogens with two attached hydrogens (primary N) is 1. The molecular formula is C12H19N5. The maximum atomic E-state index is 5.78. The van der Waals surface area contributed by atoms with Gasteiger partial charge in [-0.2, -0.15) is 9.61 Å². The van der Waals surface area contributed by atoms with Crippen LogP contribution in [0.5, 0.6) is 0 Å². The molecule has 1 unspecified atom stereocenters. The molecule has 5 nitrogen and oxygen atoms in total. The molecule has 2 aromatic heterocycles. The summed E-state index contributed by atoms with van der Waals surface area (Å²) < 4.78 is 1.86.